The molecule has 0 aromatic rings. The molecule has 79 heavy (non-hydrogen) atoms. The maximum Gasteiger partial charge on any atom is 0.220 e. The average molecular weight is 1120 g/mol. The van der Waals surface area contributed by atoms with Gasteiger partial charge in [0.2, 0.25) is 5.91 Å². The summed E-state index contributed by atoms with van der Waals surface area (Å²) in [4.78, 5) is 13.1. The van der Waals surface area contributed by atoms with Crippen LogP contribution in [0.5, 0.6) is 0 Å². The van der Waals surface area contributed by atoms with E-state index in [-0.39, 0.29) is 12.5 Å². The van der Waals surface area contributed by atoms with E-state index < -0.39 is 49.5 Å². The molecule has 7 unspecified atom stereocenters. The van der Waals surface area contributed by atoms with Gasteiger partial charge in [-0.25, -0.2) is 0 Å². The number of ether oxygens (including phenoxy) is 2. The number of hydrogen-bond donors (Lipinski definition) is 6. The summed E-state index contributed by atoms with van der Waals surface area (Å²) in [5, 5.41) is 54.7. The Morgan fingerprint density at radius 3 is 1.06 bits per heavy atom. The van der Waals surface area contributed by atoms with E-state index in [9.17, 15) is 30.3 Å². The van der Waals surface area contributed by atoms with E-state index in [2.05, 4.69) is 43.5 Å². The number of amides is 1. The van der Waals surface area contributed by atoms with Gasteiger partial charge >= 0.3 is 0 Å². The molecule has 0 spiro atoms. The number of carbonyl (C=O) groups excluding carboxylic acids is 1. The number of rotatable bonds is 61. The molecule has 1 amide bonds. The SMILES string of the molecule is CCCCCCCCCC/C=C\CCCCCCCCCCCCCC(=O)NC(COC1OC(CO)C(O)C(O)C1O)C(O)/C=C/CC/C=C/CCCCCCCCCCCCCCCCCCCCCCCCCCCCC. The number of unbranched alkanes of at least 4 members (excludes halogenated alkanes) is 47. The Morgan fingerprint density at radius 2 is 0.722 bits per heavy atom. The highest BCUT2D eigenvalue weighted by atomic mass is 16.7. The highest BCUT2D eigenvalue weighted by Crippen LogP contribution is 2.23. The molecule has 466 valence electrons. The normalized spacial score (nSPS) is 18.7. The van der Waals surface area contributed by atoms with Crippen LogP contribution in [0, 0.1) is 0 Å². The van der Waals surface area contributed by atoms with Crippen molar-refractivity contribution < 1.29 is 39.8 Å². The van der Waals surface area contributed by atoms with E-state index in [4.69, 9.17) is 9.47 Å². The van der Waals surface area contributed by atoms with Crippen molar-refractivity contribution >= 4 is 5.91 Å². The zero-order valence-electron chi connectivity index (χ0n) is 52.2. The molecule has 0 radical (unpaired) electrons. The van der Waals surface area contributed by atoms with Crippen LogP contribution in [0.4, 0.5) is 0 Å². The van der Waals surface area contributed by atoms with Crippen LogP contribution < -0.4 is 5.32 Å². The third-order valence-electron chi connectivity index (χ3n) is 16.7. The van der Waals surface area contributed by atoms with Crippen LogP contribution >= 0.6 is 0 Å². The summed E-state index contributed by atoms with van der Waals surface area (Å²) in [5.41, 5.74) is 0. The molecule has 0 saturated carbocycles. The summed E-state index contributed by atoms with van der Waals surface area (Å²) in [7, 11) is 0. The fourth-order valence-electron chi connectivity index (χ4n) is 11.2. The largest absolute Gasteiger partial charge is 0.394 e. The fraction of sp³-hybridized carbons (Fsp3) is 0.900. The first-order valence-corrected chi connectivity index (χ1v) is 34.7. The minimum Gasteiger partial charge on any atom is -0.394 e. The molecule has 9 nitrogen and oxygen atoms in total. The Bertz CT molecular complexity index is 1340. The number of aliphatic hydroxyl groups is 5. The smallest absolute Gasteiger partial charge is 0.220 e. The number of nitrogens with one attached hydrogen (secondary N) is 1. The van der Waals surface area contributed by atoms with Gasteiger partial charge in [0, 0.05) is 6.42 Å². The van der Waals surface area contributed by atoms with Gasteiger partial charge in [-0.15, -0.1) is 0 Å². The van der Waals surface area contributed by atoms with Crippen LogP contribution in [0.1, 0.15) is 348 Å². The van der Waals surface area contributed by atoms with E-state index >= 15 is 0 Å². The van der Waals surface area contributed by atoms with E-state index in [1.165, 1.54) is 289 Å². The third kappa shape index (κ3) is 48.5. The van der Waals surface area contributed by atoms with E-state index in [1.807, 2.05) is 6.08 Å². The quantitative estimate of drug-likeness (QED) is 0.0261. The van der Waals surface area contributed by atoms with Gasteiger partial charge in [-0.2, -0.15) is 0 Å². The van der Waals surface area contributed by atoms with Crippen LogP contribution in [0.15, 0.2) is 36.5 Å². The van der Waals surface area contributed by atoms with Gasteiger partial charge in [0.25, 0.3) is 0 Å². The number of allylic oxidation sites excluding steroid dienone is 5. The summed E-state index contributed by atoms with van der Waals surface area (Å²) >= 11 is 0. The monoisotopic (exact) mass is 1120 g/mol. The molecule has 0 aliphatic carbocycles. The second-order valence-corrected chi connectivity index (χ2v) is 24.3. The molecular weight excluding hydrogens is 983 g/mol. The van der Waals surface area contributed by atoms with Crippen LogP contribution in [0.25, 0.3) is 0 Å². The first kappa shape index (κ1) is 75.4. The minimum absolute atomic E-state index is 0.182. The molecule has 0 bridgehead atoms. The van der Waals surface area contributed by atoms with Gasteiger partial charge in [-0.3, -0.25) is 4.79 Å². The van der Waals surface area contributed by atoms with Gasteiger partial charge in [0.05, 0.1) is 25.4 Å². The van der Waals surface area contributed by atoms with Gasteiger partial charge < -0.3 is 40.3 Å². The summed E-state index contributed by atoms with van der Waals surface area (Å²) in [5.74, 6) is -0.182. The van der Waals surface area contributed by atoms with Crippen molar-refractivity contribution in [2.45, 2.75) is 391 Å². The van der Waals surface area contributed by atoms with E-state index in [0.29, 0.717) is 6.42 Å². The van der Waals surface area contributed by atoms with Crippen LogP contribution in [0.2, 0.25) is 0 Å². The maximum atomic E-state index is 13.1. The Hall–Kier alpha value is -1.59. The second kappa shape index (κ2) is 59.6. The molecule has 6 N–H and O–H groups in total. The van der Waals surface area contributed by atoms with E-state index in [0.717, 1.165) is 38.5 Å². The molecule has 1 aliphatic rings. The van der Waals surface area contributed by atoms with Crippen molar-refractivity contribution in [1.29, 1.82) is 0 Å². The lowest BCUT2D eigenvalue weighted by Gasteiger charge is -2.40. The van der Waals surface area contributed by atoms with Crippen molar-refractivity contribution in [3.05, 3.63) is 36.5 Å². The van der Waals surface area contributed by atoms with Crippen LogP contribution in [-0.4, -0.2) is 87.5 Å². The molecule has 1 rings (SSSR count). The predicted octanol–water partition coefficient (Wildman–Crippen LogP) is 18.6. The lowest BCUT2D eigenvalue weighted by atomic mass is 9.99. The number of aliphatic hydroxyl groups excluding tert-OH is 5. The lowest BCUT2D eigenvalue weighted by molar-refractivity contribution is -0.302. The Labute approximate surface area is 489 Å². The summed E-state index contributed by atoms with van der Waals surface area (Å²) in [6.07, 6.45) is 72.6. The molecule has 1 heterocycles. The first-order chi connectivity index (χ1) is 38.8. The number of carbonyl (C=O) groups is 1. The molecule has 1 fully saturated rings. The Kier molecular flexibility index (Phi) is 56.9. The van der Waals surface area contributed by atoms with Crippen molar-refractivity contribution in [2.75, 3.05) is 13.2 Å². The minimum atomic E-state index is -1.57. The van der Waals surface area contributed by atoms with Gasteiger partial charge in [-0.1, -0.05) is 320 Å². The van der Waals surface area contributed by atoms with Crippen molar-refractivity contribution in [3.8, 4) is 0 Å². The van der Waals surface area contributed by atoms with Gasteiger partial charge in [0.15, 0.2) is 6.29 Å². The lowest BCUT2D eigenvalue weighted by Crippen LogP contribution is -2.60. The Morgan fingerprint density at radius 1 is 0.418 bits per heavy atom. The molecule has 0 aromatic carbocycles. The molecule has 9 heteroatoms. The summed E-state index contributed by atoms with van der Waals surface area (Å²) < 4.78 is 11.3. The van der Waals surface area contributed by atoms with Crippen LogP contribution in [0.3, 0.4) is 0 Å². The molecule has 0 aromatic heterocycles. The molecule has 1 aliphatic heterocycles. The van der Waals surface area contributed by atoms with Crippen molar-refractivity contribution in [3.63, 3.8) is 0 Å². The highest BCUT2D eigenvalue weighted by molar-refractivity contribution is 5.76. The zero-order valence-corrected chi connectivity index (χ0v) is 52.2. The first-order valence-electron chi connectivity index (χ1n) is 34.7. The zero-order chi connectivity index (χ0) is 57.2. The average Bonchev–Trinajstić information content (AvgIpc) is 3.47. The summed E-state index contributed by atoms with van der Waals surface area (Å²) in [6.45, 7) is 3.81. The topological polar surface area (TPSA) is 149 Å². The Balaban J connectivity index is 2.14. The number of hydrogen-bond acceptors (Lipinski definition) is 8. The summed E-state index contributed by atoms with van der Waals surface area (Å²) in [6, 6.07) is -0.823. The molecule has 7 atom stereocenters. The second-order valence-electron chi connectivity index (χ2n) is 24.3. The maximum absolute atomic E-state index is 13.1. The van der Waals surface area contributed by atoms with E-state index in [1.54, 1.807) is 6.08 Å². The standard InChI is InChI=1S/C70H133NO8/c1-3-5-7-9-11-13-15-17-19-21-23-25-27-28-29-30-31-32-33-34-35-36-38-39-41-43-45-47-49-51-53-55-57-59-64(73)63(62-78-70-69(77)68(76)67(75)65(61-72)79-70)71-66(74)60-58-56-54-52-50-48-46-44-42-40-37-26-24-22-20-18-16-14-12-10-8-6-4-2/h22,24,49,51,57,59,63-65,67-70,72-73,75-77H,3-21,23,25-48,50,52-56,58,60-62H2,1-2H3,(H,71,74)/b24-22-,51-49+,59-57+. The molecule has 1 saturated heterocycles. The molecular formula is C70H133NO8. The van der Waals surface area contributed by atoms with Crippen LogP contribution in [-0.2, 0) is 14.3 Å². The van der Waals surface area contributed by atoms with Crippen molar-refractivity contribution in [2.24, 2.45) is 0 Å². The predicted molar refractivity (Wildman–Crippen MR) is 337 cm³/mol. The highest BCUT2D eigenvalue weighted by Gasteiger charge is 2.44. The van der Waals surface area contributed by atoms with Gasteiger partial charge in [0.1, 0.15) is 24.4 Å². The fourth-order valence-corrected chi connectivity index (χ4v) is 11.2. The third-order valence-corrected chi connectivity index (χ3v) is 16.7. The van der Waals surface area contributed by atoms with Crippen molar-refractivity contribution in [1.82, 2.24) is 5.32 Å². The van der Waals surface area contributed by atoms with Gasteiger partial charge in [-0.05, 0) is 57.8 Å².